The molecule has 0 amide bonds. The Morgan fingerprint density at radius 1 is 0.600 bits per heavy atom. The maximum atomic E-state index is 12.1. The van der Waals surface area contributed by atoms with Crippen molar-refractivity contribution in [3.63, 3.8) is 0 Å². The van der Waals surface area contributed by atoms with Gasteiger partial charge in [0.25, 0.3) is 0 Å². The van der Waals surface area contributed by atoms with Crippen molar-refractivity contribution in [2.75, 3.05) is 151 Å². The first-order valence-electron chi connectivity index (χ1n) is 18.2. The highest BCUT2D eigenvalue weighted by Gasteiger charge is 2.13. The summed E-state index contributed by atoms with van der Waals surface area (Å²) >= 11 is 0. The maximum Gasteiger partial charge on any atom is 0.338 e. The minimum absolute atomic E-state index is 0.0701. The molecule has 1 aromatic rings. The number of hydrogen-bond donors (Lipinski definition) is 1. The van der Waals surface area contributed by atoms with Gasteiger partial charge >= 0.3 is 5.97 Å². The molecule has 1 aliphatic rings. The molecule has 1 atom stereocenters. The van der Waals surface area contributed by atoms with E-state index < -0.39 is 0 Å². The van der Waals surface area contributed by atoms with Crippen LogP contribution < -0.4 is 5.32 Å². The Bertz CT molecular complexity index is 874. The summed E-state index contributed by atoms with van der Waals surface area (Å²) in [5, 5.41) is 3.32. The fourth-order valence-corrected chi connectivity index (χ4v) is 4.35. The van der Waals surface area contributed by atoms with Crippen LogP contribution in [0, 0.1) is 0 Å². The minimum Gasteiger partial charge on any atom is -0.460 e. The van der Waals surface area contributed by atoms with Crippen LogP contribution in [0.2, 0.25) is 0 Å². The van der Waals surface area contributed by atoms with Crippen LogP contribution in [-0.2, 0) is 56.8 Å². The van der Waals surface area contributed by atoms with E-state index in [2.05, 4.69) is 12.2 Å². The van der Waals surface area contributed by atoms with Gasteiger partial charge in [-0.3, -0.25) is 0 Å². The molecular formula is C36H63NO13. The van der Waals surface area contributed by atoms with Gasteiger partial charge in [-0.05, 0) is 49.9 Å². The number of carbonyl (C=O) groups excluding carboxylic acids is 1. The van der Waals surface area contributed by atoms with E-state index in [4.69, 9.17) is 56.8 Å². The molecule has 0 spiro atoms. The van der Waals surface area contributed by atoms with Crippen molar-refractivity contribution in [3.8, 4) is 0 Å². The lowest BCUT2D eigenvalue weighted by Gasteiger charge is -2.22. The highest BCUT2D eigenvalue weighted by atomic mass is 16.7. The zero-order chi connectivity index (χ0) is 35.4. The Morgan fingerprint density at radius 2 is 1.02 bits per heavy atom. The van der Waals surface area contributed by atoms with Gasteiger partial charge in [0.2, 0.25) is 0 Å². The van der Waals surface area contributed by atoms with Gasteiger partial charge in [0.15, 0.2) is 6.29 Å². The fourth-order valence-electron chi connectivity index (χ4n) is 4.35. The number of esters is 1. The number of unbranched alkanes of at least 4 members (excludes halogenated alkanes) is 1. The molecule has 1 fully saturated rings. The minimum atomic E-state index is -0.360. The van der Waals surface area contributed by atoms with Crippen molar-refractivity contribution >= 4 is 11.7 Å². The zero-order valence-corrected chi connectivity index (χ0v) is 30.3. The number of benzene rings is 1. The number of ether oxygens (including phenoxy) is 12. The van der Waals surface area contributed by atoms with Crippen LogP contribution >= 0.6 is 0 Å². The standard InChI is InChI=1S/C36H63NO13/c1-2-3-11-37-34-9-7-33(8-10-34)36(38)50-32-30-47-28-26-45-24-22-43-20-18-41-16-14-39-13-15-40-17-19-42-21-23-44-25-27-46-29-31-49-35-6-4-5-12-48-35/h7-10,35,37H,2-6,11-32H2,1H3. The highest BCUT2D eigenvalue weighted by molar-refractivity contribution is 5.89. The summed E-state index contributed by atoms with van der Waals surface area (Å²) in [4.78, 5) is 12.1. The molecule has 1 aliphatic heterocycles. The van der Waals surface area contributed by atoms with Crippen LogP contribution in [0.4, 0.5) is 5.69 Å². The van der Waals surface area contributed by atoms with Crippen LogP contribution in [0.1, 0.15) is 49.4 Å². The molecule has 0 radical (unpaired) electrons. The Kier molecular flexibility index (Phi) is 30.2. The van der Waals surface area contributed by atoms with Crippen molar-refractivity contribution < 1.29 is 61.6 Å². The number of rotatable bonds is 36. The quantitative estimate of drug-likeness (QED) is 0.0796. The molecule has 290 valence electrons. The van der Waals surface area contributed by atoms with E-state index in [1.807, 2.05) is 12.1 Å². The average Bonchev–Trinajstić information content (AvgIpc) is 3.14. The molecular weight excluding hydrogens is 654 g/mol. The van der Waals surface area contributed by atoms with Crippen molar-refractivity contribution in [1.29, 1.82) is 0 Å². The van der Waals surface area contributed by atoms with Crippen LogP contribution in [0.5, 0.6) is 0 Å². The Morgan fingerprint density at radius 3 is 1.42 bits per heavy atom. The number of nitrogens with one attached hydrogen (secondary N) is 1. The molecule has 1 saturated heterocycles. The lowest BCUT2D eigenvalue weighted by molar-refractivity contribution is -0.169. The molecule has 2 rings (SSSR count). The highest BCUT2D eigenvalue weighted by Crippen LogP contribution is 2.13. The largest absolute Gasteiger partial charge is 0.460 e. The summed E-state index contributed by atoms with van der Waals surface area (Å²) in [6.45, 7) is 13.3. The molecule has 50 heavy (non-hydrogen) atoms. The first-order valence-corrected chi connectivity index (χ1v) is 18.2. The van der Waals surface area contributed by atoms with Gasteiger partial charge in [0.1, 0.15) is 6.61 Å². The van der Waals surface area contributed by atoms with Gasteiger partial charge in [0, 0.05) is 18.8 Å². The molecule has 0 bridgehead atoms. The third-order valence-electron chi connectivity index (χ3n) is 7.09. The normalized spacial score (nSPS) is 14.6. The SMILES string of the molecule is CCCCNc1ccc(C(=O)OCCOCCOCCOCCOCCOCCOCCOCCOCCOCCOC2CCCCO2)cc1. The molecule has 14 heteroatoms. The Labute approximate surface area is 298 Å². The first kappa shape index (κ1) is 44.2. The molecule has 1 unspecified atom stereocenters. The van der Waals surface area contributed by atoms with Crippen LogP contribution in [0.15, 0.2) is 24.3 Å². The summed E-state index contributed by atoms with van der Waals surface area (Å²) < 4.78 is 65.7. The lowest BCUT2D eigenvalue weighted by Crippen LogP contribution is -2.24. The van der Waals surface area contributed by atoms with E-state index in [0.29, 0.717) is 131 Å². The summed E-state index contributed by atoms with van der Waals surface area (Å²) in [5.41, 5.74) is 1.52. The van der Waals surface area contributed by atoms with Crippen molar-refractivity contribution in [3.05, 3.63) is 29.8 Å². The number of anilines is 1. The molecule has 0 saturated carbocycles. The van der Waals surface area contributed by atoms with Crippen molar-refractivity contribution in [1.82, 2.24) is 0 Å². The molecule has 1 aromatic carbocycles. The second-order valence-corrected chi connectivity index (χ2v) is 11.2. The van der Waals surface area contributed by atoms with Crippen LogP contribution in [0.25, 0.3) is 0 Å². The molecule has 0 aliphatic carbocycles. The second kappa shape index (κ2) is 34.2. The lowest BCUT2D eigenvalue weighted by atomic mass is 10.2. The van der Waals surface area contributed by atoms with E-state index in [-0.39, 0.29) is 18.9 Å². The summed E-state index contributed by atoms with van der Waals surface area (Å²) in [6.07, 6.45) is 5.42. The first-order chi connectivity index (χ1) is 24.8. The third-order valence-corrected chi connectivity index (χ3v) is 7.09. The van der Waals surface area contributed by atoms with Gasteiger partial charge in [-0.15, -0.1) is 0 Å². The molecule has 1 heterocycles. The topological polar surface area (TPSA) is 140 Å². The monoisotopic (exact) mass is 717 g/mol. The smallest absolute Gasteiger partial charge is 0.338 e. The van der Waals surface area contributed by atoms with Crippen molar-refractivity contribution in [2.24, 2.45) is 0 Å². The van der Waals surface area contributed by atoms with Crippen LogP contribution in [-0.4, -0.2) is 158 Å². The van der Waals surface area contributed by atoms with E-state index in [1.165, 1.54) is 0 Å². The predicted molar refractivity (Wildman–Crippen MR) is 187 cm³/mol. The third kappa shape index (κ3) is 26.8. The molecule has 0 aromatic heterocycles. The Hall–Kier alpha value is -1.95. The Balaban J connectivity index is 1.18. The number of carbonyl (C=O) groups is 1. The molecule has 14 nitrogen and oxygen atoms in total. The number of hydrogen-bond acceptors (Lipinski definition) is 14. The van der Waals surface area contributed by atoms with E-state index in [9.17, 15) is 4.79 Å². The van der Waals surface area contributed by atoms with Crippen molar-refractivity contribution in [2.45, 2.75) is 45.3 Å². The fraction of sp³-hybridized carbons (Fsp3) is 0.806. The van der Waals surface area contributed by atoms with E-state index in [0.717, 1.165) is 50.9 Å². The van der Waals surface area contributed by atoms with Gasteiger partial charge in [0.05, 0.1) is 131 Å². The summed E-state index contributed by atoms with van der Waals surface area (Å²) in [6, 6.07) is 7.29. The average molecular weight is 718 g/mol. The van der Waals surface area contributed by atoms with Gasteiger partial charge < -0.3 is 62.2 Å². The van der Waals surface area contributed by atoms with E-state index >= 15 is 0 Å². The second-order valence-electron chi connectivity index (χ2n) is 11.2. The maximum absolute atomic E-state index is 12.1. The summed E-state index contributed by atoms with van der Waals surface area (Å²) in [5.74, 6) is -0.360. The predicted octanol–water partition coefficient (Wildman–Crippen LogP) is 3.75. The van der Waals surface area contributed by atoms with Gasteiger partial charge in [-0.2, -0.15) is 0 Å². The molecule has 1 N–H and O–H groups in total. The van der Waals surface area contributed by atoms with Crippen LogP contribution in [0.3, 0.4) is 0 Å². The van der Waals surface area contributed by atoms with Gasteiger partial charge in [-0.25, -0.2) is 4.79 Å². The van der Waals surface area contributed by atoms with Gasteiger partial charge in [-0.1, -0.05) is 13.3 Å². The zero-order valence-electron chi connectivity index (χ0n) is 30.3. The van der Waals surface area contributed by atoms with E-state index in [1.54, 1.807) is 12.1 Å². The summed E-state index contributed by atoms with van der Waals surface area (Å²) in [7, 11) is 0.